The van der Waals surface area contributed by atoms with Crippen LogP contribution < -0.4 is 5.32 Å². The highest BCUT2D eigenvalue weighted by Crippen LogP contribution is 2.45. The summed E-state index contributed by atoms with van der Waals surface area (Å²) in [5.74, 6) is 0.526. The number of hydrogen-bond donors (Lipinski definition) is 3. The molecular formula is C49H76N2O6. The van der Waals surface area contributed by atoms with Crippen molar-refractivity contribution in [2.24, 2.45) is 29.1 Å². The number of amides is 2. The van der Waals surface area contributed by atoms with Crippen molar-refractivity contribution in [3.05, 3.63) is 84.6 Å². The third-order valence-corrected chi connectivity index (χ3v) is 11.9. The van der Waals surface area contributed by atoms with E-state index in [4.69, 9.17) is 4.74 Å². The van der Waals surface area contributed by atoms with E-state index >= 15 is 0 Å². The first-order chi connectivity index (χ1) is 27.3. The molecule has 3 rings (SSSR count). The number of rotatable bonds is 24. The zero-order valence-electron chi connectivity index (χ0n) is 36.1. The maximum atomic E-state index is 13.1. The number of carbonyl (C=O) groups is 3. The van der Waals surface area contributed by atoms with Crippen LogP contribution in [0, 0.1) is 29.1 Å². The van der Waals surface area contributed by atoms with E-state index in [1.807, 2.05) is 25.7 Å². The van der Waals surface area contributed by atoms with E-state index < -0.39 is 17.6 Å². The van der Waals surface area contributed by atoms with Crippen molar-refractivity contribution in [3.63, 3.8) is 0 Å². The van der Waals surface area contributed by atoms with E-state index in [0.29, 0.717) is 44.7 Å². The molecule has 2 unspecified atom stereocenters. The lowest BCUT2D eigenvalue weighted by Crippen LogP contribution is -2.43. The van der Waals surface area contributed by atoms with Crippen molar-refractivity contribution in [3.8, 4) is 0 Å². The Morgan fingerprint density at radius 3 is 2.19 bits per heavy atom. The first-order valence-corrected chi connectivity index (χ1v) is 22.1. The second-order valence-electron chi connectivity index (χ2n) is 17.3. The molecule has 1 fully saturated rings. The van der Waals surface area contributed by atoms with E-state index in [2.05, 4.69) is 105 Å². The van der Waals surface area contributed by atoms with Gasteiger partial charge in [0.25, 0.3) is 0 Å². The smallest absolute Gasteiger partial charge is 0.311 e. The number of fused-ring (bicyclic) bond motifs is 1. The number of carbonyl (C=O) groups excluding carboxylic acids is 3. The maximum absolute atomic E-state index is 13.1. The van der Waals surface area contributed by atoms with Crippen molar-refractivity contribution in [2.75, 3.05) is 13.1 Å². The Labute approximate surface area is 345 Å². The number of unbranched alkanes of at least 4 members (excludes halogenated alkanes) is 1. The molecule has 8 nitrogen and oxygen atoms in total. The highest BCUT2D eigenvalue weighted by atomic mass is 16.5. The molecule has 0 saturated carbocycles. The Balaban J connectivity index is 1.31. The minimum absolute atomic E-state index is 0.0717. The number of nitrogens with one attached hydrogen (secondary N) is 1. The fourth-order valence-electron chi connectivity index (χ4n) is 8.07. The summed E-state index contributed by atoms with van der Waals surface area (Å²) in [6.07, 6.45) is 37.0. The normalized spacial score (nSPS) is 25.2. The summed E-state index contributed by atoms with van der Waals surface area (Å²) in [4.78, 5) is 40.6. The van der Waals surface area contributed by atoms with Crippen LogP contribution in [0.4, 0.5) is 0 Å². The molecule has 0 spiro atoms. The summed E-state index contributed by atoms with van der Waals surface area (Å²) in [7, 11) is 0. The highest BCUT2D eigenvalue weighted by molar-refractivity contribution is 5.78. The Bertz CT molecular complexity index is 1450. The van der Waals surface area contributed by atoms with Gasteiger partial charge in [0.1, 0.15) is 6.10 Å². The summed E-state index contributed by atoms with van der Waals surface area (Å²) in [5, 5.41) is 24.7. The number of nitrogens with zero attached hydrogens (tertiary/aromatic N) is 1. The van der Waals surface area contributed by atoms with Crippen LogP contribution in [-0.4, -0.2) is 70.3 Å². The molecule has 57 heavy (non-hydrogen) atoms. The largest absolute Gasteiger partial charge is 0.461 e. The predicted molar refractivity (Wildman–Crippen MR) is 233 cm³/mol. The van der Waals surface area contributed by atoms with Gasteiger partial charge in [-0.05, 0) is 121 Å². The average Bonchev–Trinajstić information content (AvgIpc) is 3.63. The lowest BCUT2D eigenvalue weighted by molar-refractivity contribution is -0.164. The fraction of sp³-hybridized carbons (Fsp3) is 0.653. The first kappa shape index (κ1) is 47.9. The molecule has 1 aliphatic heterocycles. The lowest BCUT2D eigenvalue weighted by atomic mass is 9.65. The molecule has 0 aromatic rings. The summed E-state index contributed by atoms with van der Waals surface area (Å²) in [5.41, 5.74) is 0.672. The number of likely N-dealkylation sites (tertiary alicyclic amines) is 1. The van der Waals surface area contributed by atoms with Gasteiger partial charge in [-0.25, -0.2) is 0 Å². The number of aliphatic hydroxyl groups is 2. The standard InChI is InChI=1S/C49H76N2O6/c1-7-9-10-11-12-13-14-15-16-17-18-19-20-21-22-23-24-25-46(55)51-31-30-40(36-51)50-45(54)35-42(53)34-41(52)28-29-43-38(4)26-27-39-32-37(3)33-44(47(39)43)57-48(56)49(5,6)8-2/h9-10,12-13,15-16,18-19,21-22,26-27,32,37-38,40-44,47,52-53H,7-8,11,14,17,20,23-25,28-31,33-36H2,1-6H3,(H,50,54)/b10-9-,13-12-,16-15-,19-18-,22-21-/t37-,38-,40-,41-,42+,43-,44?,47?/m0/s1. The van der Waals surface area contributed by atoms with Crippen molar-refractivity contribution < 1.29 is 29.3 Å². The topological polar surface area (TPSA) is 116 Å². The Hall–Kier alpha value is -3.49. The van der Waals surface area contributed by atoms with Crippen LogP contribution in [0.15, 0.2) is 84.6 Å². The summed E-state index contributed by atoms with van der Waals surface area (Å²) < 4.78 is 6.22. The quantitative estimate of drug-likeness (QED) is 0.0510. The fourth-order valence-corrected chi connectivity index (χ4v) is 8.07. The third-order valence-electron chi connectivity index (χ3n) is 11.9. The minimum Gasteiger partial charge on any atom is -0.461 e. The van der Waals surface area contributed by atoms with Crippen LogP contribution in [0.2, 0.25) is 0 Å². The van der Waals surface area contributed by atoms with E-state index in [9.17, 15) is 24.6 Å². The number of aliphatic hydroxyl groups excluding tert-OH is 2. The lowest BCUT2D eigenvalue weighted by Gasteiger charge is -2.44. The monoisotopic (exact) mass is 789 g/mol. The Morgan fingerprint density at radius 2 is 1.56 bits per heavy atom. The molecule has 3 N–H and O–H groups in total. The summed E-state index contributed by atoms with van der Waals surface area (Å²) >= 11 is 0. The van der Waals surface area contributed by atoms with Crippen LogP contribution in [-0.2, 0) is 19.1 Å². The van der Waals surface area contributed by atoms with Crippen molar-refractivity contribution in [1.29, 1.82) is 0 Å². The highest BCUT2D eigenvalue weighted by Gasteiger charge is 2.43. The van der Waals surface area contributed by atoms with E-state index in [1.54, 1.807) is 0 Å². The molecule has 1 heterocycles. The second kappa shape index (κ2) is 25.8. The zero-order chi connectivity index (χ0) is 41.6. The molecular weight excluding hydrogens is 713 g/mol. The molecule has 3 aliphatic rings. The molecule has 2 aliphatic carbocycles. The van der Waals surface area contributed by atoms with Gasteiger partial charge in [0.15, 0.2) is 0 Å². The van der Waals surface area contributed by atoms with Gasteiger partial charge in [-0.1, -0.05) is 107 Å². The van der Waals surface area contributed by atoms with Crippen LogP contribution in [0.3, 0.4) is 0 Å². The molecule has 0 bridgehead atoms. The first-order valence-electron chi connectivity index (χ1n) is 22.1. The van der Waals surface area contributed by atoms with Crippen LogP contribution in [0.25, 0.3) is 0 Å². The molecule has 0 radical (unpaired) electrons. The molecule has 0 aromatic heterocycles. The van der Waals surface area contributed by atoms with Crippen molar-refractivity contribution >= 4 is 17.8 Å². The molecule has 2 amide bonds. The Kier molecular flexibility index (Phi) is 21.7. The minimum atomic E-state index is -0.963. The van der Waals surface area contributed by atoms with Crippen LogP contribution in [0.1, 0.15) is 138 Å². The van der Waals surface area contributed by atoms with Gasteiger partial charge >= 0.3 is 5.97 Å². The van der Waals surface area contributed by atoms with Gasteiger partial charge in [-0.15, -0.1) is 0 Å². The van der Waals surface area contributed by atoms with E-state index in [-0.39, 0.29) is 60.5 Å². The van der Waals surface area contributed by atoms with Crippen molar-refractivity contribution in [2.45, 2.75) is 162 Å². The average molecular weight is 789 g/mol. The zero-order valence-corrected chi connectivity index (χ0v) is 36.1. The SMILES string of the molecule is CC/C=C\C/C=C\C/C=C\C/C=C\C/C=C\CCCC(=O)N1CC[C@H](NC(=O)C[C@H](O)C[C@@H](O)CC[C@@H]2C3C(=C[C@H](C)CC3OC(=O)C(C)(C)CC)C=C[C@@H]2C)C1. The molecule has 1 saturated heterocycles. The van der Waals surface area contributed by atoms with Crippen LogP contribution in [0.5, 0.6) is 0 Å². The number of allylic oxidation sites excluding steroid dienone is 13. The number of ether oxygens (including phenoxy) is 1. The predicted octanol–water partition coefficient (Wildman–Crippen LogP) is 9.66. The molecule has 0 aromatic carbocycles. The number of hydrogen-bond acceptors (Lipinski definition) is 6. The number of esters is 1. The maximum Gasteiger partial charge on any atom is 0.311 e. The van der Waals surface area contributed by atoms with E-state index in [1.165, 1.54) is 5.57 Å². The van der Waals surface area contributed by atoms with E-state index in [0.717, 1.165) is 57.8 Å². The molecule has 318 valence electrons. The summed E-state index contributed by atoms with van der Waals surface area (Å²) in [6.45, 7) is 13.5. The van der Waals surface area contributed by atoms with Gasteiger partial charge in [-0.2, -0.15) is 0 Å². The molecule has 8 atom stereocenters. The van der Waals surface area contributed by atoms with Crippen LogP contribution >= 0.6 is 0 Å². The molecule has 8 heteroatoms. The Morgan fingerprint density at radius 1 is 0.930 bits per heavy atom. The second-order valence-corrected chi connectivity index (χ2v) is 17.3. The van der Waals surface area contributed by atoms with Crippen molar-refractivity contribution in [1.82, 2.24) is 10.2 Å². The van der Waals surface area contributed by atoms with Gasteiger partial charge in [-0.3, -0.25) is 14.4 Å². The van der Waals surface area contributed by atoms with Gasteiger partial charge in [0, 0.05) is 31.5 Å². The third kappa shape index (κ3) is 17.5. The van der Waals surface area contributed by atoms with Gasteiger partial charge in [0.2, 0.25) is 11.8 Å². The van der Waals surface area contributed by atoms with Gasteiger partial charge in [0.05, 0.1) is 24.0 Å². The van der Waals surface area contributed by atoms with Gasteiger partial charge < -0.3 is 25.2 Å². The summed E-state index contributed by atoms with van der Waals surface area (Å²) in [6, 6.07) is -0.129.